The van der Waals surface area contributed by atoms with Gasteiger partial charge in [0.1, 0.15) is 0 Å². The van der Waals surface area contributed by atoms with Crippen LogP contribution in [0, 0.1) is 0 Å². The molecule has 0 saturated carbocycles. The van der Waals surface area contributed by atoms with Crippen molar-refractivity contribution in [3.05, 3.63) is 218 Å². The first kappa shape index (κ1) is 35.6. The predicted octanol–water partition coefficient (Wildman–Crippen LogP) is 15.7. The molecule has 0 bridgehead atoms. The van der Waals surface area contributed by atoms with Gasteiger partial charge in [0.05, 0.1) is 43.8 Å². The van der Waals surface area contributed by atoms with Gasteiger partial charge in [-0.15, -0.1) is 11.3 Å². The molecule has 0 unspecified atom stereocenters. The van der Waals surface area contributed by atoms with Crippen LogP contribution in [0.4, 0.5) is 0 Å². The van der Waals surface area contributed by atoms with E-state index in [9.17, 15) is 0 Å². The molecule has 9 aromatic carbocycles. The Morgan fingerprint density at radius 2 is 0.794 bits per heavy atom. The van der Waals surface area contributed by atoms with E-state index in [0.717, 1.165) is 50.5 Å². The molecule has 0 radical (unpaired) electrons. The van der Waals surface area contributed by atoms with Gasteiger partial charge in [0.15, 0.2) is 5.82 Å². The molecule has 0 atom stereocenters. The highest BCUT2D eigenvalue weighted by Crippen LogP contribution is 2.44. The zero-order valence-corrected chi connectivity index (χ0v) is 34.8. The summed E-state index contributed by atoms with van der Waals surface area (Å²) in [6.45, 7) is 0. The Morgan fingerprint density at radius 3 is 1.41 bits per heavy atom. The van der Waals surface area contributed by atoms with Crippen molar-refractivity contribution in [1.29, 1.82) is 0 Å². The lowest BCUT2D eigenvalue weighted by Gasteiger charge is -2.14. The van der Waals surface area contributed by atoms with Crippen LogP contribution in [0.5, 0.6) is 0 Å². The summed E-state index contributed by atoms with van der Waals surface area (Å²) in [5.41, 5.74) is 14.2. The number of fused-ring (bicyclic) bond motifs is 9. The van der Waals surface area contributed by atoms with Crippen LogP contribution in [0.15, 0.2) is 218 Å². The molecule has 13 aromatic rings. The van der Waals surface area contributed by atoms with E-state index in [2.05, 4.69) is 215 Å². The molecular weight excluding hydrogens is 785 g/mol. The van der Waals surface area contributed by atoms with Gasteiger partial charge in [-0.2, -0.15) is 0 Å². The average molecular weight is 821 g/mol. The first-order chi connectivity index (χ1) is 31.2. The van der Waals surface area contributed by atoms with Gasteiger partial charge in [-0.05, 0) is 83.9 Å². The number of nitrogens with zero attached hydrogens (tertiary/aromatic N) is 4. The molecule has 4 aromatic heterocycles. The van der Waals surface area contributed by atoms with Gasteiger partial charge in [0.25, 0.3) is 0 Å². The molecule has 294 valence electrons. The van der Waals surface area contributed by atoms with Crippen LogP contribution in [0.3, 0.4) is 0 Å². The summed E-state index contributed by atoms with van der Waals surface area (Å²) in [6, 6.07) is 78.4. The van der Waals surface area contributed by atoms with E-state index >= 15 is 0 Å². The molecular formula is C58H36N4S. The van der Waals surface area contributed by atoms with E-state index in [1.807, 2.05) is 23.5 Å². The molecule has 0 spiro atoms. The highest BCUT2D eigenvalue weighted by molar-refractivity contribution is 7.26. The summed E-state index contributed by atoms with van der Waals surface area (Å²) in [5, 5.41) is 7.34. The molecule has 63 heavy (non-hydrogen) atoms. The van der Waals surface area contributed by atoms with Gasteiger partial charge in [0.2, 0.25) is 0 Å². The van der Waals surface area contributed by atoms with Crippen LogP contribution in [-0.2, 0) is 0 Å². The zero-order valence-electron chi connectivity index (χ0n) is 34.0. The van der Waals surface area contributed by atoms with Crippen molar-refractivity contribution in [2.45, 2.75) is 0 Å². The van der Waals surface area contributed by atoms with E-state index in [4.69, 9.17) is 9.97 Å². The smallest absolute Gasteiger partial charge is 0.160 e. The van der Waals surface area contributed by atoms with Gasteiger partial charge >= 0.3 is 0 Å². The van der Waals surface area contributed by atoms with Gasteiger partial charge in [-0.3, -0.25) is 0 Å². The summed E-state index contributed by atoms with van der Waals surface area (Å²) in [4.78, 5) is 10.6. The number of hydrogen-bond acceptors (Lipinski definition) is 3. The molecule has 0 aliphatic carbocycles. The number of rotatable bonds is 6. The van der Waals surface area contributed by atoms with Crippen molar-refractivity contribution in [2.75, 3.05) is 0 Å². The molecule has 5 heteroatoms. The van der Waals surface area contributed by atoms with Gasteiger partial charge in [-0.25, -0.2) is 9.97 Å². The zero-order chi connectivity index (χ0) is 41.4. The molecule has 4 nitrogen and oxygen atoms in total. The minimum atomic E-state index is 0.695. The van der Waals surface area contributed by atoms with Crippen LogP contribution in [0.2, 0.25) is 0 Å². The standard InChI is InChI=1S/C58H36N4S/c1-4-16-37(17-5-1)49-36-50(38-18-6-2-7-19-38)60-58(59-49)41-34-48-45-24-12-15-27-56(45)63-57(48)55(35-41)62-52-26-14-11-23-44(52)47-33-40(29-31-54(47)62)39-28-30-53-46(32-39)43-22-10-13-25-51(43)61(53)42-20-8-3-9-21-42/h1-36H. The van der Waals surface area contributed by atoms with E-state index < -0.39 is 0 Å². The van der Waals surface area contributed by atoms with Crippen molar-refractivity contribution < 1.29 is 0 Å². The van der Waals surface area contributed by atoms with Crippen LogP contribution in [-0.4, -0.2) is 19.1 Å². The normalized spacial score (nSPS) is 11.8. The minimum absolute atomic E-state index is 0.695. The Labute approximate surface area is 367 Å². The predicted molar refractivity (Wildman–Crippen MR) is 265 cm³/mol. The van der Waals surface area contributed by atoms with Gasteiger partial charge < -0.3 is 9.13 Å². The molecule has 13 rings (SSSR count). The third-order valence-corrected chi connectivity index (χ3v) is 13.7. The molecule has 0 aliphatic heterocycles. The first-order valence-electron chi connectivity index (χ1n) is 21.3. The maximum atomic E-state index is 5.30. The Morgan fingerprint density at radius 1 is 0.317 bits per heavy atom. The van der Waals surface area contributed by atoms with E-state index in [1.54, 1.807) is 0 Å². The van der Waals surface area contributed by atoms with Crippen LogP contribution >= 0.6 is 11.3 Å². The number of hydrogen-bond donors (Lipinski definition) is 0. The van der Waals surface area contributed by atoms with Crippen molar-refractivity contribution in [3.63, 3.8) is 0 Å². The van der Waals surface area contributed by atoms with Gasteiger partial charge in [-0.1, -0.05) is 146 Å². The summed E-state index contributed by atoms with van der Waals surface area (Å²) < 4.78 is 7.32. The molecule has 0 N–H and O–H groups in total. The Kier molecular flexibility index (Phi) is 8.05. The van der Waals surface area contributed by atoms with Crippen molar-refractivity contribution in [1.82, 2.24) is 19.1 Å². The summed E-state index contributed by atoms with van der Waals surface area (Å²) >= 11 is 1.85. The highest BCUT2D eigenvalue weighted by atomic mass is 32.1. The summed E-state index contributed by atoms with van der Waals surface area (Å²) in [6.07, 6.45) is 0. The number of thiophene rings is 1. The lowest BCUT2D eigenvalue weighted by molar-refractivity contribution is 1.17. The molecule has 0 aliphatic rings. The van der Waals surface area contributed by atoms with Crippen LogP contribution in [0.1, 0.15) is 0 Å². The van der Waals surface area contributed by atoms with E-state index in [0.29, 0.717) is 5.82 Å². The summed E-state index contributed by atoms with van der Waals surface area (Å²) in [5.74, 6) is 0.695. The SMILES string of the molecule is c1ccc(-c2cc(-c3ccccc3)nc(-c3cc(-n4c5ccccc5c5cc(-c6ccc7c(c6)c6ccccc6n7-c6ccccc6)ccc54)c4sc5ccccc5c4c3)n2)cc1. The number of para-hydroxylation sites is 3. The fourth-order valence-electron chi connectivity index (χ4n) is 9.61. The van der Waals surface area contributed by atoms with Crippen molar-refractivity contribution in [2.24, 2.45) is 0 Å². The average Bonchev–Trinajstić information content (AvgIpc) is 4.02. The topological polar surface area (TPSA) is 35.6 Å². The first-order valence-corrected chi connectivity index (χ1v) is 22.1. The second-order valence-electron chi connectivity index (χ2n) is 16.2. The lowest BCUT2D eigenvalue weighted by Crippen LogP contribution is -1.99. The Hall–Kier alpha value is -8.12. The van der Waals surface area contributed by atoms with Crippen LogP contribution in [0.25, 0.3) is 120 Å². The third-order valence-electron chi connectivity index (χ3n) is 12.5. The van der Waals surface area contributed by atoms with Crippen molar-refractivity contribution >= 4 is 75.1 Å². The molecule has 0 saturated heterocycles. The molecule has 0 amide bonds. The molecule has 4 heterocycles. The monoisotopic (exact) mass is 820 g/mol. The second-order valence-corrected chi connectivity index (χ2v) is 17.2. The maximum Gasteiger partial charge on any atom is 0.160 e. The molecule has 0 fully saturated rings. The fraction of sp³-hybridized carbons (Fsp3) is 0. The minimum Gasteiger partial charge on any atom is -0.309 e. The quantitative estimate of drug-likeness (QED) is 0.167. The Bertz CT molecular complexity index is 3840. The fourth-order valence-corrected chi connectivity index (χ4v) is 10.8. The lowest BCUT2D eigenvalue weighted by atomic mass is 10.0. The highest BCUT2D eigenvalue weighted by Gasteiger charge is 2.21. The number of aromatic nitrogens is 4. The summed E-state index contributed by atoms with van der Waals surface area (Å²) in [7, 11) is 0. The van der Waals surface area contributed by atoms with Crippen molar-refractivity contribution in [3.8, 4) is 56.4 Å². The number of benzene rings is 9. The Balaban J connectivity index is 1.03. The third kappa shape index (κ3) is 5.74. The van der Waals surface area contributed by atoms with E-state index in [1.165, 1.54) is 63.9 Å². The largest absolute Gasteiger partial charge is 0.309 e. The van der Waals surface area contributed by atoms with E-state index in [-0.39, 0.29) is 0 Å². The second kappa shape index (κ2) is 14.2. The maximum absolute atomic E-state index is 5.30. The van der Waals surface area contributed by atoms with Crippen LogP contribution < -0.4 is 0 Å². The van der Waals surface area contributed by atoms with Gasteiger partial charge in [0, 0.05) is 59.4 Å².